The van der Waals surface area contributed by atoms with Crippen LogP contribution in [0.5, 0.6) is 5.75 Å². The van der Waals surface area contributed by atoms with Gasteiger partial charge in [-0.3, -0.25) is 4.79 Å². The second kappa shape index (κ2) is 9.83. The summed E-state index contributed by atoms with van der Waals surface area (Å²) in [5.41, 5.74) is 1.51. The van der Waals surface area contributed by atoms with Crippen molar-refractivity contribution in [3.8, 4) is 5.75 Å². The van der Waals surface area contributed by atoms with Gasteiger partial charge in [-0.2, -0.15) is 0 Å². The Bertz CT molecular complexity index is 744. The fourth-order valence-electron chi connectivity index (χ4n) is 1.95. The summed E-state index contributed by atoms with van der Waals surface area (Å²) in [6.45, 7) is -0.745. The third-order valence-electron chi connectivity index (χ3n) is 3.45. The maximum Gasteiger partial charge on any atom is 0.347 e. The minimum Gasteiger partial charge on any atom is -0.497 e. The Labute approximate surface area is 151 Å². The molecule has 2 aromatic rings. The lowest BCUT2D eigenvalue weighted by Gasteiger charge is -2.16. The Morgan fingerprint density at radius 2 is 1.73 bits per heavy atom. The molecule has 7 heteroatoms. The van der Waals surface area contributed by atoms with Crippen molar-refractivity contribution in [1.29, 1.82) is 0 Å². The molecule has 0 bridgehead atoms. The first-order chi connectivity index (χ1) is 12.6. The number of esters is 1. The number of nitrogens with zero attached hydrogens (tertiary/aromatic N) is 2. The summed E-state index contributed by atoms with van der Waals surface area (Å²) >= 11 is 0. The van der Waals surface area contributed by atoms with Gasteiger partial charge in [-0.1, -0.05) is 23.4 Å². The number of ether oxygens (including phenoxy) is 2. The Kier molecular flexibility index (Phi) is 7.17. The van der Waals surface area contributed by atoms with Gasteiger partial charge in [0.15, 0.2) is 6.61 Å². The number of para-hydroxylation sites is 1. The number of hydrogen-bond acceptors (Lipinski definition) is 6. The van der Waals surface area contributed by atoms with Crippen LogP contribution in [0.1, 0.15) is 5.56 Å². The fraction of sp³-hybridized carbons (Fsp3) is 0.211. The van der Waals surface area contributed by atoms with Gasteiger partial charge in [0, 0.05) is 12.7 Å². The van der Waals surface area contributed by atoms with Gasteiger partial charge in [0.05, 0.1) is 13.3 Å². The number of oxime groups is 1. The normalized spacial score (nSPS) is 10.4. The molecule has 2 rings (SSSR count). The van der Waals surface area contributed by atoms with Crippen LogP contribution in [0, 0.1) is 0 Å². The molecular weight excluding hydrogens is 336 g/mol. The van der Waals surface area contributed by atoms with E-state index in [-0.39, 0.29) is 19.1 Å². The number of amides is 1. The molecule has 0 unspecified atom stereocenters. The number of carbonyl (C=O) groups excluding carboxylic acids is 2. The summed E-state index contributed by atoms with van der Waals surface area (Å²) in [5.74, 6) is -0.283. The summed E-state index contributed by atoms with van der Waals surface area (Å²) in [6.07, 6.45) is 1.46. The maximum atomic E-state index is 12.0. The molecule has 0 saturated heterocycles. The lowest BCUT2D eigenvalue weighted by molar-refractivity contribution is -0.152. The van der Waals surface area contributed by atoms with Gasteiger partial charge in [0.2, 0.25) is 6.61 Å². The van der Waals surface area contributed by atoms with Crippen molar-refractivity contribution in [2.75, 3.05) is 32.3 Å². The van der Waals surface area contributed by atoms with Gasteiger partial charge in [0.25, 0.3) is 5.91 Å². The monoisotopic (exact) mass is 356 g/mol. The predicted molar refractivity (Wildman–Crippen MR) is 97.4 cm³/mol. The average Bonchev–Trinajstić information content (AvgIpc) is 2.70. The van der Waals surface area contributed by atoms with Crippen LogP contribution in [0.15, 0.2) is 59.8 Å². The van der Waals surface area contributed by atoms with E-state index in [9.17, 15) is 9.59 Å². The van der Waals surface area contributed by atoms with Crippen molar-refractivity contribution in [2.24, 2.45) is 5.16 Å². The number of methoxy groups -OCH3 is 1. The highest BCUT2D eigenvalue weighted by molar-refractivity contribution is 5.94. The van der Waals surface area contributed by atoms with Crippen LogP contribution in [0.3, 0.4) is 0 Å². The molecule has 136 valence electrons. The molecule has 0 spiro atoms. The summed E-state index contributed by atoms with van der Waals surface area (Å²) < 4.78 is 9.93. The topological polar surface area (TPSA) is 77.4 Å². The zero-order chi connectivity index (χ0) is 18.8. The lowest BCUT2D eigenvalue weighted by Crippen LogP contribution is -2.31. The first kappa shape index (κ1) is 19.0. The van der Waals surface area contributed by atoms with Crippen molar-refractivity contribution < 1.29 is 23.9 Å². The van der Waals surface area contributed by atoms with E-state index < -0.39 is 5.97 Å². The summed E-state index contributed by atoms with van der Waals surface area (Å²) in [6, 6.07) is 16.2. The molecule has 0 saturated carbocycles. The van der Waals surface area contributed by atoms with Crippen molar-refractivity contribution in [3.63, 3.8) is 0 Å². The number of carbonyl (C=O) groups is 2. The van der Waals surface area contributed by atoms with E-state index in [1.54, 1.807) is 50.6 Å². The fourth-order valence-corrected chi connectivity index (χ4v) is 1.95. The maximum absolute atomic E-state index is 12.0. The average molecular weight is 356 g/mol. The molecule has 26 heavy (non-hydrogen) atoms. The molecule has 7 nitrogen and oxygen atoms in total. The van der Waals surface area contributed by atoms with Crippen LogP contribution in [0.2, 0.25) is 0 Å². The van der Waals surface area contributed by atoms with Crippen LogP contribution < -0.4 is 9.64 Å². The number of anilines is 1. The number of benzene rings is 2. The highest BCUT2D eigenvalue weighted by Crippen LogP contribution is 2.11. The summed E-state index contributed by atoms with van der Waals surface area (Å²) in [4.78, 5) is 29.9. The summed E-state index contributed by atoms with van der Waals surface area (Å²) in [7, 11) is 3.20. The highest BCUT2D eigenvalue weighted by atomic mass is 16.7. The minimum absolute atomic E-state index is 0.341. The Balaban J connectivity index is 1.69. The summed E-state index contributed by atoms with van der Waals surface area (Å²) in [5, 5.41) is 3.68. The smallest absolute Gasteiger partial charge is 0.347 e. The van der Waals surface area contributed by atoms with Gasteiger partial charge < -0.3 is 19.2 Å². The van der Waals surface area contributed by atoms with E-state index in [1.807, 2.05) is 18.2 Å². The first-order valence-corrected chi connectivity index (χ1v) is 7.87. The third-order valence-corrected chi connectivity index (χ3v) is 3.45. The zero-order valence-corrected chi connectivity index (χ0v) is 14.6. The molecule has 0 aliphatic carbocycles. The Hall–Kier alpha value is -3.35. The van der Waals surface area contributed by atoms with Crippen molar-refractivity contribution >= 4 is 23.8 Å². The number of rotatable bonds is 8. The molecule has 0 aliphatic heterocycles. The quantitative estimate of drug-likeness (QED) is 0.412. The second-order valence-electron chi connectivity index (χ2n) is 5.23. The van der Waals surface area contributed by atoms with Crippen molar-refractivity contribution in [2.45, 2.75) is 0 Å². The molecule has 0 aromatic heterocycles. The van der Waals surface area contributed by atoms with Gasteiger partial charge >= 0.3 is 5.97 Å². The molecule has 0 atom stereocenters. The van der Waals surface area contributed by atoms with Crippen LogP contribution in [-0.2, 0) is 19.2 Å². The zero-order valence-electron chi connectivity index (χ0n) is 14.6. The molecule has 0 fully saturated rings. The van der Waals surface area contributed by atoms with E-state index in [0.717, 1.165) is 11.3 Å². The Morgan fingerprint density at radius 3 is 2.38 bits per heavy atom. The number of likely N-dealkylation sites (N-methyl/N-ethyl adjacent to an activating group) is 1. The van der Waals surface area contributed by atoms with Crippen LogP contribution in [-0.4, -0.2) is 45.5 Å². The van der Waals surface area contributed by atoms with E-state index in [1.165, 1.54) is 11.1 Å². The largest absolute Gasteiger partial charge is 0.497 e. The van der Waals surface area contributed by atoms with Crippen LogP contribution >= 0.6 is 0 Å². The Morgan fingerprint density at radius 1 is 1.04 bits per heavy atom. The first-order valence-electron chi connectivity index (χ1n) is 7.87. The van der Waals surface area contributed by atoms with Crippen LogP contribution in [0.4, 0.5) is 5.69 Å². The van der Waals surface area contributed by atoms with Crippen molar-refractivity contribution in [3.05, 3.63) is 60.2 Å². The van der Waals surface area contributed by atoms with E-state index >= 15 is 0 Å². The molecule has 0 radical (unpaired) electrons. The SMILES string of the molecule is COc1ccc(C=NOCC(=O)OCC(=O)N(C)c2ccccc2)cc1. The van der Waals surface area contributed by atoms with E-state index in [2.05, 4.69) is 5.16 Å². The molecule has 0 N–H and O–H groups in total. The highest BCUT2D eigenvalue weighted by Gasteiger charge is 2.13. The minimum atomic E-state index is -0.674. The molecule has 0 aliphatic rings. The van der Waals surface area contributed by atoms with Crippen molar-refractivity contribution in [1.82, 2.24) is 0 Å². The van der Waals surface area contributed by atoms with Crippen LogP contribution in [0.25, 0.3) is 0 Å². The standard InChI is InChI=1S/C19H20N2O5/c1-21(16-6-4-3-5-7-16)18(22)13-25-19(23)14-26-20-12-15-8-10-17(24-2)11-9-15/h3-12H,13-14H2,1-2H3. The van der Waals surface area contributed by atoms with Gasteiger partial charge in [-0.25, -0.2) is 4.79 Å². The molecule has 0 heterocycles. The van der Waals surface area contributed by atoms with Gasteiger partial charge in [-0.05, 0) is 42.0 Å². The van der Waals surface area contributed by atoms with E-state index in [0.29, 0.717) is 5.69 Å². The van der Waals surface area contributed by atoms with E-state index in [4.69, 9.17) is 14.3 Å². The van der Waals surface area contributed by atoms with Gasteiger partial charge in [-0.15, -0.1) is 0 Å². The second-order valence-corrected chi connectivity index (χ2v) is 5.23. The molecule has 2 aromatic carbocycles. The molecular formula is C19H20N2O5. The third kappa shape index (κ3) is 5.94. The molecule has 1 amide bonds. The van der Waals surface area contributed by atoms with Gasteiger partial charge in [0.1, 0.15) is 5.75 Å². The predicted octanol–water partition coefficient (Wildman–Crippen LogP) is 2.25. The number of hydrogen-bond donors (Lipinski definition) is 0. The lowest BCUT2D eigenvalue weighted by atomic mass is 10.2.